The highest BCUT2D eigenvalue weighted by molar-refractivity contribution is 6.31. The number of rotatable bonds is 6. The fourth-order valence-corrected chi connectivity index (χ4v) is 4.66. The number of amides is 2. The van der Waals surface area contributed by atoms with Crippen molar-refractivity contribution in [1.82, 2.24) is 14.5 Å². The van der Waals surface area contributed by atoms with E-state index in [4.69, 9.17) is 25.5 Å². The number of carbonyl (C=O) groups is 2. The lowest BCUT2D eigenvalue weighted by Crippen LogP contribution is -2.34. The maximum absolute atomic E-state index is 12.0. The minimum atomic E-state index is -0.608. The van der Waals surface area contributed by atoms with Gasteiger partial charge in [-0.25, -0.2) is 9.78 Å². The molecule has 42 heavy (non-hydrogen) atoms. The molecule has 4 heterocycles. The zero-order chi connectivity index (χ0) is 29.3. The Kier molecular flexibility index (Phi) is 9.35. The summed E-state index contributed by atoms with van der Waals surface area (Å²) >= 11 is 5.83. The molecule has 6 rings (SSSR count). The molecule has 10 nitrogen and oxygen atoms in total. The number of hydrogen-bond acceptors (Lipinski definition) is 7. The Hall–Kier alpha value is -4.83. The van der Waals surface area contributed by atoms with E-state index in [1.165, 1.54) is 17.1 Å². The SMILES string of the molecule is O=C(C=CC=Cc1ccc2c(c1)OCO2)N1CCCCC1.O=C(Cn1c(=O)oc2cc(Cl)ccc21)Nc1ccccn1. The van der Waals surface area contributed by atoms with Gasteiger partial charge in [0, 0.05) is 36.5 Å². The highest BCUT2D eigenvalue weighted by Gasteiger charge is 2.15. The summed E-state index contributed by atoms with van der Waals surface area (Å²) in [5.41, 5.74) is 1.88. The molecule has 2 aromatic heterocycles. The molecule has 0 bridgehead atoms. The number of nitrogens with one attached hydrogen (secondary N) is 1. The molecular formula is C31H29ClN4O6. The van der Waals surface area contributed by atoms with Crippen molar-refractivity contribution in [3.05, 3.63) is 100 Å². The Balaban J connectivity index is 0.000000168. The van der Waals surface area contributed by atoms with Crippen LogP contribution in [0, 0.1) is 0 Å². The monoisotopic (exact) mass is 588 g/mol. The first-order valence-corrected chi connectivity index (χ1v) is 13.9. The Labute approximate surface area is 246 Å². The highest BCUT2D eigenvalue weighted by Crippen LogP contribution is 2.32. The van der Waals surface area contributed by atoms with Crippen LogP contribution in [0.4, 0.5) is 5.82 Å². The second kappa shape index (κ2) is 13.7. The topological polar surface area (TPSA) is 116 Å². The van der Waals surface area contributed by atoms with Crippen molar-refractivity contribution >= 4 is 46.4 Å². The van der Waals surface area contributed by atoms with Crippen LogP contribution in [0.2, 0.25) is 5.02 Å². The summed E-state index contributed by atoms with van der Waals surface area (Å²) in [7, 11) is 0. The van der Waals surface area contributed by atoms with Gasteiger partial charge in [0.05, 0.1) is 5.52 Å². The van der Waals surface area contributed by atoms with Crippen molar-refractivity contribution in [3.63, 3.8) is 0 Å². The third-order valence-electron chi connectivity index (χ3n) is 6.57. The summed E-state index contributed by atoms with van der Waals surface area (Å²) < 4.78 is 16.9. The number of piperidine rings is 1. The van der Waals surface area contributed by atoms with Crippen LogP contribution in [-0.2, 0) is 16.1 Å². The Bertz CT molecular complexity index is 1670. The second-order valence-electron chi connectivity index (χ2n) is 9.55. The van der Waals surface area contributed by atoms with Crippen LogP contribution in [0.15, 0.2) is 88.2 Å². The number of benzene rings is 2. The fourth-order valence-electron chi connectivity index (χ4n) is 4.49. The lowest BCUT2D eigenvalue weighted by molar-refractivity contribution is -0.126. The summed E-state index contributed by atoms with van der Waals surface area (Å²) in [6.07, 6.45) is 12.3. The molecule has 0 atom stereocenters. The van der Waals surface area contributed by atoms with Gasteiger partial charge < -0.3 is 24.1 Å². The van der Waals surface area contributed by atoms with Gasteiger partial charge in [0.15, 0.2) is 17.1 Å². The van der Waals surface area contributed by atoms with Gasteiger partial charge >= 0.3 is 5.76 Å². The van der Waals surface area contributed by atoms with Crippen LogP contribution in [0.1, 0.15) is 24.8 Å². The van der Waals surface area contributed by atoms with Gasteiger partial charge in [0.2, 0.25) is 18.6 Å². The zero-order valence-corrected chi connectivity index (χ0v) is 23.5. The summed E-state index contributed by atoms with van der Waals surface area (Å²) in [4.78, 5) is 41.6. The molecule has 216 valence electrons. The van der Waals surface area contributed by atoms with Crippen molar-refractivity contribution in [2.24, 2.45) is 0 Å². The maximum Gasteiger partial charge on any atom is 0.420 e. The molecular weight excluding hydrogens is 560 g/mol. The van der Waals surface area contributed by atoms with Crippen LogP contribution in [0.25, 0.3) is 17.2 Å². The Morgan fingerprint density at radius 2 is 1.81 bits per heavy atom. The number of anilines is 1. The van der Waals surface area contributed by atoms with Crippen molar-refractivity contribution in [2.75, 3.05) is 25.2 Å². The van der Waals surface area contributed by atoms with Gasteiger partial charge in [-0.3, -0.25) is 14.2 Å². The molecule has 0 saturated carbocycles. The molecule has 0 unspecified atom stereocenters. The van der Waals surface area contributed by atoms with E-state index in [1.54, 1.807) is 48.7 Å². The molecule has 4 aromatic rings. The van der Waals surface area contributed by atoms with E-state index in [0.29, 0.717) is 21.9 Å². The predicted molar refractivity (Wildman–Crippen MR) is 160 cm³/mol. The van der Waals surface area contributed by atoms with E-state index in [9.17, 15) is 14.4 Å². The average molecular weight is 589 g/mol. The van der Waals surface area contributed by atoms with Crippen LogP contribution in [-0.4, -0.2) is 46.1 Å². The first-order chi connectivity index (χ1) is 20.5. The van der Waals surface area contributed by atoms with Gasteiger partial charge in [0.1, 0.15) is 12.4 Å². The standard InChI is InChI=1S/C17H19NO3.C14H10ClN3O3/c19-17(18-10-4-1-5-11-18)7-3-2-6-14-8-9-15-16(12-14)21-13-20-15;15-9-4-5-10-11(7-9)21-14(20)18(10)8-13(19)17-12-3-1-2-6-16-12/h2-3,6-9,12H,1,4-5,10-11,13H2;1-7H,8H2,(H,16,17,19). The first kappa shape index (κ1) is 28.7. The van der Waals surface area contributed by atoms with E-state index in [-0.39, 0.29) is 25.2 Å². The number of nitrogens with zero attached hydrogens (tertiary/aromatic N) is 3. The van der Waals surface area contributed by atoms with E-state index < -0.39 is 5.76 Å². The normalized spacial score (nSPS) is 14.3. The summed E-state index contributed by atoms with van der Waals surface area (Å²) in [5, 5.41) is 3.07. The largest absolute Gasteiger partial charge is 0.454 e. The van der Waals surface area contributed by atoms with E-state index in [2.05, 4.69) is 10.3 Å². The fraction of sp³-hybridized carbons (Fsp3) is 0.226. The third-order valence-corrected chi connectivity index (χ3v) is 6.80. The zero-order valence-electron chi connectivity index (χ0n) is 22.7. The highest BCUT2D eigenvalue weighted by atomic mass is 35.5. The van der Waals surface area contributed by atoms with E-state index >= 15 is 0 Å². The number of oxazole rings is 1. The summed E-state index contributed by atoms with van der Waals surface area (Å²) in [5.74, 6) is 1.10. The minimum Gasteiger partial charge on any atom is -0.454 e. The average Bonchev–Trinajstić information content (AvgIpc) is 3.59. The van der Waals surface area contributed by atoms with Crippen molar-refractivity contribution in [2.45, 2.75) is 25.8 Å². The number of ether oxygens (including phenoxy) is 2. The van der Waals surface area contributed by atoms with Gasteiger partial charge in [-0.15, -0.1) is 0 Å². The number of hydrogen-bond donors (Lipinski definition) is 1. The summed E-state index contributed by atoms with van der Waals surface area (Å²) in [6, 6.07) is 15.7. The second-order valence-corrected chi connectivity index (χ2v) is 9.98. The molecule has 2 amide bonds. The quantitative estimate of drug-likeness (QED) is 0.241. The third kappa shape index (κ3) is 7.46. The first-order valence-electron chi connectivity index (χ1n) is 13.5. The van der Waals surface area contributed by atoms with Gasteiger partial charge in [-0.05, 0) is 61.2 Å². The van der Waals surface area contributed by atoms with E-state index in [0.717, 1.165) is 43.0 Å². The molecule has 0 spiro atoms. The molecule has 1 fully saturated rings. The number of pyridine rings is 1. The number of allylic oxidation sites excluding steroid dienone is 2. The Morgan fingerprint density at radius 1 is 0.976 bits per heavy atom. The lowest BCUT2D eigenvalue weighted by atomic mass is 10.1. The van der Waals surface area contributed by atoms with Gasteiger partial charge in [-0.1, -0.05) is 42.0 Å². The number of carbonyl (C=O) groups excluding carboxylic acids is 2. The van der Waals surface area contributed by atoms with E-state index in [1.807, 2.05) is 35.3 Å². The molecule has 2 aromatic carbocycles. The number of halogens is 1. The molecule has 0 aliphatic carbocycles. The van der Waals surface area contributed by atoms with Crippen molar-refractivity contribution < 1.29 is 23.5 Å². The molecule has 1 N–H and O–H groups in total. The maximum atomic E-state index is 12.0. The lowest BCUT2D eigenvalue weighted by Gasteiger charge is -2.25. The van der Waals surface area contributed by atoms with Crippen molar-refractivity contribution in [3.8, 4) is 11.5 Å². The summed E-state index contributed by atoms with van der Waals surface area (Å²) in [6.45, 7) is 1.89. The molecule has 2 aliphatic heterocycles. The van der Waals surface area contributed by atoms with Gasteiger partial charge in [-0.2, -0.15) is 0 Å². The molecule has 2 aliphatic rings. The number of aromatic nitrogens is 2. The van der Waals surface area contributed by atoms with Crippen LogP contribution in [0.3, 0.4) is 0 Å². The van der Waals surface area contributed by atoms with Crippen LogP contribution in [0.5, 0.6) is 11.5 Å². The smallest absolute Gasteiger partial charge is 0.420 e. The minimum absolute atomic E-state index is 0.102. The Morgan fingerprint density at radius 3 is 2.62 bits per heavy atom. The number of fused-ring (bicyclic) bond motifs is 2. The van der Waals surface area contributed by atoms with Gasteiger partial charge in [0.25, 0.3) is 0 Å². The van der Waals surface area contributed by atoms with Crippen molar-refractivity contribution in [1.29, 1.82) is 0 Å². The predicted octanol–water partition coefficient (Wildman–Crippen LogP) is 5.28. The number of likely N-dealkylation sites (tertiary alicyclic amines) is 1. The van der Waals surface area contributed by atoms with Crippen LogP contribution >= 0.6 is 11.6 Å². The van der Waals surface area contributed by atoms with Crippen LogP contribution < -0.4 is 20.5 Å². The molecule has 11 heteroatoms. The molecule has 1 saturated heterocycles. The molecule has 0 radical (unpaired) electrons.